The summed E-state index contributed by atoms with van der Waals surface area (Å²) >= 11 is 0. The van der Waals surface area contributed by atoms with E-state index in [1.165, 1.54) is 0 Å². The summed E-state index contributed by atoms with van der Waals surface area (Å²) in [6.07, 6.45) is -0.295. The highest BCUT2D eigenvalue weighted by atomic mass is 16.6. The zero-order chi connectivity index (χ0) is 15.6. The van der Waals surface area contributed by atoms with Crippen molar-refractivity contribution in [3.05, 3.63) is 23.0 Å². The first-order valence-corrected chi connectivity index (χ1v) is 7.29. The van der Waals surface area contributed by atoms with E-state index >= 15 is 0 Å². The van der Waals surface area contributed by atoms with Gasteiger partial charge in [-0.2, -0.15) is 0 Å². The molecule has 0 N–H and O–H groups in total. The first-order valence-electron chi connectivity index (χ1n) is 7.29. The molecule has 1 aliphatic heterocycles. The minimum absolute atomic E-state index is 0.0414. The third-order valence-electron chi connectivity index (χ3n) is 4.10. The molecule has 0 radical (unpaired) electrons. The number of piperazine rings is 1. The van der Waals surface area contributed by atoms with Crippen molar-refractivity contribution < 1.29 is 14.3 Å². The van der Waals surface area contributed by atoms with Gasteiger partial charge < -0.3 is 19.1 Å². The second kappa shape index (κ2) is 6.20. The van der Waals surface area contributed by atoms with Crippen LogP contribution < -0.4 is 0 Å². The maximum absolute atomic E-state index is 12.6. The Labute approximate surface area is 125 Å². The number of amides is 2. The summed E-state index contributed by atoms with van der Waals surface area (Å²) < 4.78 is 7.00. The quantitative estimate of drug-likeness (QED) is 0.831. The molecule has 21 heavy (non-hydrogen) atoms. The van der Waals surface area contributed by atoms with Gasteiger partial charge in [0.25, 0.3) is 5.91 Å². The summed E-state index contributed by atoms with van der Waals surface area (Å²) in [4.78, 5) is 27.7. The van der Waals surface area contributed by atoms with Gasteiger partial charge in [0.05, 0.1) is 12.2 Å². The van der Waals surface area contributed by atoms with Crippen LogP contribution >= 0.6 is 0 Å². The van der Waals surface area contributed by atoms with Gasteiger partial charge in [-0.1, -0.05) is 0 Å². The van der Waals surface area contributed by atoms with E-state index in [2.05, 4.69) is 0 Å². The van der Waals surface area contributed by atoms with Crippen molar-refractivity contribution >= 4 is 12.0 Å². The van der Waals surface area contributed by atoms with E-state index in [-0.39, 0.29) is 12.0 Å². The van der Waals surface area contributed by atoms with Gasteiger partial charge in [-0.05, 0) is 26.8 Å². The van der Waals surface area contributed by atoms with Crippen molar-refractivity contribution in [2.75, 3.05) is 32.8 Å². The van der Waals surface area contributed by atoms with Crippen molar-refractivity contribution in [1.29, 1.82) is 0 Å². The Bertz CT molecular complexity index is 543. The normalized spacial score (nSPS) is 15.2. The predicted octanol–water partition coefficient (Wildman–Crippen LogP) is 1.56. The summed E-state index contributed by atoms with van der Waals surface area (Å²) in [6.45, 7) is 8.25. The molecule has 0 saturated carbocycles. The third-order valence-corrected chi connectivity index (χ3v) is 4.10. The van der Waals surface area contributed by atoms with Crippen LogP contribution in [-0.2, 0) is 11.8 Å². The van der Waals surface area contributed by atoms with E-state index < -0.39 is 0 Å². The first kappa shape index (κ1) is 15.4. The Morgan fingerprint density at radius 2 is 1.71 bits per heavy atom. The van der Waals surface area contributed by atoms with Gasteiger partial charge in [-0.15, -0.1) is 0 Å². The number of rotatable bonds is 2. The molecule has 6 nitrogen and oxygen atoms in total. The summed E-state index contributed by atoms with van der Waals surface area (Å²) in [5.74, 6) is 0.0414. The fourth-order valence-corrected chi connectivity index (χ4v) is 2.55. The summed E-state index contributed by atoms with van der Waals surface area (Å²) in [5.41, 5.74) is 2.80. The van der Waals surface area contributed by atoms with Crippen LogP contribution in [0.15, 0.2) is 6.07 Å². The van der Waals surface area contributed by atoms with E-state index in [1.54, 1.807) is 16.7 Å². The molecule has 1 aliphatic rings. The number of nitrogens with zero attached hydrogens (tertiary/aromatic N) is 3. The lowest BCUT2D eigenvalue weighted by atomic mass is 10.2. The van der Waals surface area contributed by atoms with Crippen LogP contribution in [0.2, 0.25) is 0 Å². The van der Waals surface area contributed by atoms with Crippen LogP contribution in [0.3, 0.4) is 0 Å². The minimum atomic E-state index is -0.295. The Kier molecular flexibility index (Phi) is 4.55. The largest absolute Gasteiger partial charge is 0.450 e. The predicted molar refractivity (Wildman–Crippen MR) is 79.4 cm³/mol. The second-order valence-corrected chi connectivity index (χ2v) is 5.32. The maximum Gasteiger partial charge on any atom is 0.409 e. The number of aryl methyl sites for hydroxylation is 1. The first-order chi connectivity index (χ1) is 9.95. The maximum atomic E-state index is 12.6. The van der Waals surface area contributed by atoms with E-state index in [4.69, 9.17) is 4.74 Å². The molecule has 0 atom stereocenters. The lowest BCUT2D eigenvalue weighted by Gasteiger charge is -2.34. The lowest BCUT2D eigenvalue weighted by Crippen LogP contribution is -2.50. The third kappa shape index (κ3) is 3.04. The van der Waals surface area contributed by atoms with E-state index in [0.717, 1.165) is 17.0 Å². The average molecular weight is 293 g/mol. The molecule has 6 heteroatoms. The zero-order valence-electron chi connectivity index (χ0n) is 13.2. The second-order valence-electron chi connectivity index (χ2n) is 5.32. The van der Waals surface area contributed by atoms with Gasteiger partial charge in [0.2, 0.25) is 0 Å². The molecule has 116 valence electrons. The number of hydrogen-bond acceptors (Lipinski definition) is 3. The smallest absolute Gasteiger partial charge is 0.409 e. The number of carbonyl (C=O) groups is 2. The monoisotopic (exact) mass is 293 g/mol. The highest BCUT2D eigenvalue weighted by Gasteiger charge is 2.27. The molecule has 0 spiro atoms. The van der Waals surface area contributed by atoms with Crippen LogP contribution in [0.25, 0.3) is 0 Å². The van der Waals surface area contributed by atoms with Gasteiger partial charge >= 0.3 is 6.09 Å². The minimum Gasteiger partial charge on any atom is -0.450 e. The number of ether oxygens (including phenoxy) is 1. The van der Waals surface area contributed by atoms with Gasteiger partial charge in [-0.3, -0.25) is 4.79 Å². The molecule has 0 aliphatic carbocycles. The molecule has 2 rings (SSSR count). The zero-order valence-corrected chi connectivity index (χ0v) is 13.2. The van der Waals surface area contributed by atoms with E-state index in [1.807, 2.05) is 31.5 Å². The van der Waals surface area contributed by atoms with Crippen molar-refractivity contribution in [3.63, 3.8) is 0 Å². The Hall–Kier alpha value is -1.98. The molecule has 2 amide bonds. The van der Waals surface area contributed by atoms with Crippen molar-refractivity contribution in [2.24, 2.45) is 7.05 Å². The van der Waals surface area contributed by atoms with Crippen LogP contribution in [0.1, 0.15) is 28.7 Å². The molecule has 0 aromatic carbocycles. The molecular weight excluding hydrogens is 270 g/mol. The number of carbonyl (C=O) groups excluding carboxylic acids is 2. The molecule has 0 bridgehead atoms. The SMILES string of the molecule is CCOC(=O)N1CCN(C(=O)c2cc(C)n(C)c2C)CC1. The Balaban J connectivity index is 2.00. The molecular formula is C15H23N3O3. The summed E-state index contributed by atoms with van der Waals surface area (Å²) in [5, 5.41) is 0. The molecule has 1 aromatic rings. The fraction of sp³-hybridized carbons (Fsp3) is 0.600. The van der Waals surface area contributed by atoms with Crippen molar-refractivity contribution in [1.82, 2.24) is 14.4 Å². The lowest BCUT2D eigenvalue weighted by molar-refractivity contribution is 0.0570. The number of aromatic nitrogens is 1. The summed E-state index contributed by atoms with van der Waals surface area (Å²) in [7, 11) is 1.96. The Morgan fingerprint density at radius 1 is 1.14 bits per heavy atom. The van der Waals surface area contributed by atoms with Gasteiger partial charge in [-0.25, -0.2) is 4.79 Å². The summed E-state index contributed by atoms with van der Waals surface area (Å²) in [6, 6.07) is 1.93. The molecule has 0 unspecified atom stereocenters. The molecule has 1 fully saturated rings. The molecule has 1 saturated heterocycles. The highest BCUT2D eigenvalue weighted by Crippen LogP contribution is 2.17. The van der Waals surface area contributed by atoms with E-state index in [0.29, 0.717) is 32.8 Å². The van der Waals surface area contributed by atoms with Crippen LogP contribution in [-0.4, -0.2) is 59.2 Å². The topological polar surface area (TPSA) is 54.8 Å². The standard InChI is InChI=1S/C15H23N3O3/c1-5-21-15(20)18-8-6-17(7-9-18)14(19)13-10-11(2)16(4)12(13)3/h10H,5-9H2,1-4H3. The average Bonchev–Trinajstić information content (AvgIpc) is 2.74. The molecule has 1 aromatic heterocycles. The molecule has 2 heterocycles. The van der Waals surface area contributed by atoms with Gasteiger partial charge in [0.15, 0.2) is 0 Å². The number of hydrogen-bond donors (Lipinski definition) is 0. The van der Waals surface area contributed by atoms with Crippen LogP contribution in [0.4, 0.5) is 4.79 Å². The van der Waals surface area contributed by atoms with E-state index in [9.17, 15) is 9.59 Å². The van der Waals surface area contributed by atoms with Crippen molar-refractivity contribution in [2.45, 2.75) is 20.8 Å². The van der Waals surface area contributed by atoms with Crippen molar-refractivity contribution in [3.8, 4) is 0 Å². The van der Waals surface area contributed by atoms with Crippen LogP contribution in [0.5, 0.6) is 0 Å². The highest BCUT2D eigenvalue weighted by molar-refractivity contribution is 5.95. The fourth-order valence-electron chi connectivity index (χ4n) is 2.55. The van der Waals surface area contributed by atoms with Crippen LogP contribution in [0, 0.1) is 13.8 Å². The van der Waals surface area contributed by atoms with Gasteiger partial charge in [0.1, 0.15) is 0 Å². The van der Waals surface area contributed by atoms with Gasteiger partial charge in [0, 0.05) is 44.6 Å². The Morgan fingerprint density at radius 3 is 2.19 bits per heavy atom.